The molecule has 1 fully saturated rings. The van der Waals surface area contributed by atoms with Crippen LogP contribution >= 0.6 is 24.8 Å². The Hall–Kier alpha value is -1.75. The number of hydrogen-bond donors (Lipinski definition) is 1. The first-order valence-corrected chi connectivity index (χ1v) is 8.54. The Morgan fingerprint density at radius 3 is 2.19 bits per heavy atom. The number of nitrogens with one attached hydrogen (secondary N) is 1. The Morgan fingerprint density at radius 2 is 1.54 bits per heavy atom. The molecule has 0 saturated carbocycles. The number of hydrogen-bond acceptors (Lipinski definition) is 3. The fraction of sp³-hybridized carbons (Fsp3) is 0.350. The molecule has 2 aromatic carbocycles. The first kappa shape index (κ1) is 22.3. The summed E-state index contributed by atoms with van der Waals surface area (Å²) >= 11 is 0. The maximum atomic E-state index is 8.35. The lowest BCUT2D eigenvalue weighted by atomic mass is 10.1. The van der Waals surface area contributed by atoms with E-state index in [-0.39, 0.29) is 24.8 Å². The van der Waals surface area contributed by atoms with Gasteiger partial charge in [-0.2, -0.15) is 0 Å². The molecule has 6 heteroatoms. The number of amidine groups is 1. The van der Waals surface area contributed by atoms with Gasteiger partial charge >= 0.3 is 0 Å². The molecule has 1 saturated heterocycles. The van der Waals surface area contributed by atoms with Crippen LogP contribution in [0.3, 0.4) is 0 Å². The Morgan fingerprint density at radius 1 is 0.923 bits per heavy atom. The standard InChI is InChI=1S/C20H25N3O.2ClH/c1-17-7-5-6-10-19(17)24-16-15-22-11-13-23(14-12-22)20(21)18-8-3-2-4-9-18;;/h2-10,21H,11-16H2,1H3;2*1H. The SMILES string of the molecule is Cc1ccccc1OCCN1CCN(C(=N)c2ccccc2)CC1.Cl.Cl. The molecule has 0 spiro atoms. The Labute approximate surface area is 168 Å². The summed E-state index contributed by atoms with van der Waals surface area (Å²) in [4.78, 5) is 4.57. The third-order valence-corrected chi connectivity index (χ3v) is 4.49. The third kappa shape index (κ3) is 5.90. The number of ether oxygens (including phenoxy) is 1. The van der Waals surface area contributed by atoms with Crippen molar-refractivity contribution in [2.24, 2.45) is 0 Å². The normalized spacial score (nSPS) is 14.1. The lowest BCUT2D eigenvalue weighted by molar-refractivity contribution is 0.154. The van der Waals surface area contributed by atoms with Crippen molar-refractivity contribution in [1.29, 1.82) is 5.41 Å². The highest BCUT2D eigenvalue weighted by atomic mass is 35.5. The molecule has 0 aromatic heterocycles. The molecule has 0 unspecified atom stereocenters. The fourth-order valence-corrected chi connectivity index (χ4v) is 2.98. The van der Waals surface area contributed by atoms with Gasteiger partial charge in [0, 0.05) is 38.3 Å². The van der Waals surface area contributed by atoms with Crippen LogP contribution in [0.4, 0.5) is 0 Å². The smallest absolute Gasteiger partial charge is 0.128 e. The maximum absolute atomic E-state index is 8.35. The van der Waals surface area contributed by atoms with Crippen LogP contribution in [0.25, 0.3) is 0 Å². The van der Waals surface area contributed by atoms with E-state index in [0.29, 0.717) is 12.4 Å². The van der Waals surface area contributed by atoms with Gasteiger partial charge in [0.2, 0.25) is 0 Å². The first-order chi connectivity index (χ1) is 11.7. The summed E-state index contributed by atoms with van der Waals surface area (Å²) in [6.45, 7) is 7.47. The van der Waals surface area contributed by atoms with Crippen LogP contribution in [-0.2, 0) is 0 Å². The third-order valence-electron chi connectivity index (χ3n) is 4.49. The Bertz CT molecular complexity index is 674. The molecule has 26 heavy (non-hydrogen) atoms. The van der Waals surface area contributed by atoms with Gasteiger partial charge in [0.15, 0.2) is 0 Å². The molecule has 0 atom stereocenters. The average molecular weight is 396 g/mol. The van der Waals surface area contributed by atoms with Gasteiger partial charge in [-0.05, 0) is 18.6 Å². The van der Waals surface area contributed by atoms with Crippen LogP contribution in [0, 0.1) is 12.3 Å². The molecule has 142 valence electrons. The van der Waals surface area contributed by atoms with Gasteiger partial charge in [0.05, 0.1) is 0 Å². The van der Waals surface area contributed by atoms with Crippen molar-refractivity contribution in [1.82, 2.24) is 9.80 Å². The van der Waals surface area contributed by atoms with Crippen LogP contribution < -0.4 is 4.74 Å². The van der Waals surface area contributed by atoms with E-state index in [1.54, 1.807) is 0 Å². The summed E-state index contributed by atoms with van der Waals surface area (Å²) in [5, 5.41) is 8.35. The second-order valence-electron chi connectivity index (χ2n) is 6.16. The second kappa shape index (κ2) is 11.1. The number of rotatable bonds is 5. The number of piperazine rings is 1. The van der Waals surface area contributed by atoms with Crippen LogP contribution in [0.2, 0.25) is 0 Å². The lowest BCUT2D eigenvalue weighted by Crippen LogP contribution is -2.49. The van der Waals surface area contributed by atoms with Crippen LogP contribution in [0.1, 0.15) is 11.1 Å². The second-order valence-corrected chi connectivity index (χ2v) is 6.16. The molecule has 1 N–H and O–H groups in total. The number of benzene rings is 2. The minimum absolute atomic E-state index is 0. The van der Waals surface area contributed by atoms with E-state index >= 15 is 0 Å². The zero-order valence-corrected chi connectivity index (χ0v) is 16.7. The first-order valence-electron chi connectivity index (χ1n) is 8.54. The number of halogens is 2. The van der Waals surface area contributed by atoms with Gasteiger partial charge in [-0.3, -0.25) is 10.3 Å². The maximum Gasteiger partial charge on any atom is 0.128 e. The van der Waals surface area contributed by atoms with Gasteiger partial charge in [0.25, 0.3) is 0 Å². The van der Waals surface area contributed by atoms with E-state index in [1.165, 1.54) is 5.56 Å². The molecule has 1 aliphatic heterocycles. The Balaban J connectivity index is 0.00000169. The lowest BCUT2D eigenvalue weighted by Gasteiger charge is -2.36. The fourth-order valence-electron chi connectivity index (χ4n) is 2.98. The molecule has 2 aromatic rings. The van der Waals surface area contributed by atoms with E-state index in [4.69, 9.17) is 10.1 Å². The summed E-state index contributed by atoms with van der Waals surface area (Å²) in [5.74, 6) is 1.61. The molecule has 1 heterocycles. The molecule has 0 aliphatic carbocycles. The predicted molar refractivity (Wildman–Crippen MR) is 112 cm³/mol. The summed E-state index contributed by atoms with van der Waals surface area (Å²) in [6, 6.07) is 18.1. The van der Waals surface area contributed by atoms with Crippen LogP contribution in [0.15, 0.2) is 54.6 Å². The van der Waals surface area contributed by atoms with Crippen LogP contribution in [0.5, 0.6) is 5.75 Å². The van der Waals surface area contributed by atoms with Gasteiger partial charge in [-0.1, -0.05) is 48.5 Å². The highest BCUT2D eigenvalue weighted by Gasteiger charge is 2.19. The minimum atomic E-state index is 0. The van der Waals surface area contributed by atoms with Crippen molar-refractivity contribution in [2.75, 3.05) is 39.3 Å². The van der Waals surface area contributed by atoms with Crippen molar-refractivity contribution in [2.45, 2.75) is 6.92 Å². The molecule has 0 amide bonds. The van der Waals surface area contributed by atoms with Gasteiger partial charge < -0.3 is 9.64 Å². The number of aryl methyl sites for hydroxylation is 1. The Kier molecular flexibility index (Phi) is 9.49. The number of nitrogens with zero attached hydrogens (tertiary/aromatic N) is 2. The monoisotopic (exact) mass is 395 g/mol. The quantitative estimate of drug-likeness (QED) is 0.616. The van der Waals surface area contributed by atoms with Crippen LogP contribution in [-0.4, -0.2) is 55.0 Å². The van der Waals surface area contributed by atoms with E-state index in [9.17, 15) is 0 Å². The number of para-hydroxylation sites is 1. The minimum Gasteiger partial charge on any atom is -0.492 e. The largest absolute Gasteiger partial charge is 0.492 e. The van der Waals surface area contributed by atoms with Gasteiger partial charge in [-0.15, -0.1) is 24.8 Å². The molecular weight excluding hydrogens is 369 g/mol. The highest BCUT2D eigenvalue weighted by molar-refractivity contribution is 5.96. The van der Waals surface area contributed by atoms with E-state index in [0.717, 1.165) is 44.0 Å². The molecule has 1 aliphatic rings. The summed E-state index contributed by atoms with van der Waals surface area (Å²) in [7, 11) is 0. The van der Waals surface area contributed by atoms with Crippen molar-refractivity contribution >= 4 is 30.6 Å². The van der Waals surface area contributed by atoms with Gasteiger partial charge in [0.1, 0.15) is 18.2 Å². The predicted octanol–water partition coefficient (Wildman–Crippen LogP) is 3.86. The molecule has 4 nitrogen and oxygen atoms in total. The van der Waals surface area contributed by atoms with E-state index in [2.05, 4.69) is 22.8 Å². The van der Waals surface area contributed by atoms with Crippen molar-refractivity contribution < 1.29 is 4.74 Å². The van der Waals surface area contributed by atoms with E-state index in [1.807, 2.05) is 48.5 Å². The molecule has 0 radical (unpaired) electrons. The summed E-state index contributed by atoms with van der Waals surface area (Å²) in [5.41, 5.74) is 2.17. The average Bonchev–Trinajstić information content (AvgIpc) is 2.64. The molecular formula is C20H27Cl2N3O. The summed E-state index contributed by atoms with van der Waals surface area (Å²) < 4.78 is 5.89. The van der Waals surface area contributed by atoms with Crippen molar-refractivity contribution in [3.8, 4) is 5.75 Å². The highest BCUT2D eigenvalue weighted by Crippen LogP contribution is 2.16. The zero-order valence-electron chi connectivity index (χ0n) is 15.1. The zero-order chi connectivity index (χ0) is 16.8. The van der Waals surface area contributed by atoms with Crippen molar-refractivity contribution in [3.05, 3.63) is 65.7 Å². The molecule has 3 rings (SSSR count). The topological polar surface area (TPSA) is 39.6 Å². The van der Waals surface area contributed by atoms with E-state index < -0.39 is 0 Å². The van der Waals surface area contributed by atoms with Crippen molar-refractivity contribution in [3.63, 3.8) is 0 Å². The molecule has 0 bridgehead atoms. The van der Waals surface area contributed by atoms with Gasteiger partial charge in [-0.25, -0.2) is 0 Å². The summed E-state index contributed by atoms with van der Waals surface area (Å²) in [6.07, 6.45) is 0.